The van der Waals surface area contributed by atoms with Gasteiger partial charge in [0.1, 0.15) is 24.7 Å². The normalized spacial score (nSPS) is 19.6. The number of nitrogens with zero attached hydrogens (tertiary/aromatic N) is 12. The van der Waals surface area contributed by atoms with Crippen molar-refractivity contribution < 1.29 is 38.4 Å². The number of methoxy groups -OCH3 is 1. The van der Waals surface area contributed by atoms with Gasteiger partial charge in [-0.3, -0.25) is 23.4 Å². The lowest BCUT2D eigenvalue weighted by atomic mass is 9.96. The summed E-state index contributed by atoms with van der Waals surface area (Å²) < 4.78 is 39.8. The molecule has 2 aromatic carbocycles. The van der Waals surface area contributed by atoms with E-state index in [-0.39, 0.29) is 67.4 Å². The Labute approximate surface area is 572 Å². The Morgan fingerprint density at radius 3 is 1.43 bits per heavy atom. The molecule has 3 N–H and O–H groups in total. The fourth-order valence-corrected chi connectivity index (χ4v) is 16.5. The van der Waals surface area contributed by atoms with E-state index in [9.17, 15) is 24.3 Å². The molecule has 0 radical (unpaired) electrons. The van der Waals surface area contributed by atoms with E-state index >= 15 is 0 Å². The van der Waals surface area contributed by atoms with Gasteiger partial charge in [0, 0.05) is 109 Å². The van der Waals surface area contributed by atoms with Gasteiger partial charge in [-0.2, -0.15) is 20.2 Å². The topological polar surface area (TPSA) is 246 Å². The Hall–Kier alpha value is -6.95. The predicted molar refractivity (Wildman–Crippen MR) is 384 cm³/mol. The van der Waals surface area contributed by atoms with Gasteiger partial charge >= 0.3 is 12.2 Å². The van der Waals surface area contributed by atoms with E-state index in [1.54, 1.807) is 39.7 Å². The van der Waals surface area contributed by atoms with E-state index < -0.39 is 39.5 Å². The highest BCUT2D eigenvalue weighted by atomic mass is 35.5. The van der Waals surface area contributed by atoms with Crippen LogP contribution in [0.5, 0.6) is 5.88 Å². The lowest BCUT2D eigenvalue weighted by molar-refractivity contribution is 0.0486. The summed E-state index contributed by atoms with van der Waals surface area (Å²) in [6.45, 7) is 31.7. The number of hydrogen-bond donors (Lipinski definition) is 3. The summed E-state index contributed by atoms with van der Waals surface area (Å²) in [6.07, 6.45) is 8.13. The molecule has 10 heterocycles. The van der Waals surface area contributed by atoms with Crippen LogP contribution in [0.2, 0.25) is 61.4 Å². The summed E-state index contributed by atoms with van der Waals surface area (Å²) in [6, 6.07) is 9.62. The first-order valence-electron chi connectivity index (χ1n) is 33.7. The number of aliphatic hydroxyl groups is 1. The summed E-state index contributed by atoms with van der Waals surface area (Å²) in [7, 11) is 2.50. The van der Waals surface area contributed by atoms with Gasteiger partial charge in [-0.05, 0) is 118 Å². The lowest BCUT2D eigenvalue weighted by Crippen LogP contribution is -2.46. The van der Waals surface area contributed by atoms with E-state index in [1.165, 1.54) is 0 Å². The van der Waals surface area contributed by atoms with Crippen LogP contribution in [-0.4, -0.2) is 149 Å². The van der Waals surface area contributed by atoms with Gasteiger partial charge in [0.2, 0.25) is 17.8 Å². The molecule has 0 unspecified atom stereocenters. The molecule has 12 rings (SSSR count). The number of hydrogen-bond acceptors (Lipinski definition) is 16. The number of aryl methyl sites for hydroxylation is 2. The number of carbonyl (C=O) groups is 2. The molecule has 4 bridgehead atoms. The van der Waals surface area contributed by atoms with E-state index in [2.05, 4.69) is 69.9 Å². The predicted octanol–water partition coefficient (Wildman–Crippen LogP) is 12.2. The Balaban J connectivity index is 0.000000195. The van der Waals surface area contributed by atoms with Gasteiger partial charge in [-0.1, -0.05) is 74.6 Å². The summed E-state index contributed by atoms with van der Waals surface area (Å²) in [5.74, 6) is 1.72. The third-order valence-electron chi connectivity index (χ3n) is 18.8. The summed E-state index contributed by atoms with van der Waals surface area (Å²) in [4.78, 5) is 69.1. The van der Waals surface area contributed by atoms with Crippen LogP contribution in [-0.2, 0) is 66.2 Å². The van der Waals surface area contributed by atoms with E-state index in [0.29, 0.717) is 126 Å². The molecule has 520 valence electrons. The van der Waals surface area contributed by atoms with Gasteiger partial charge in [0.05, 0.1) is 80.8 Å². The van der Waals surface area contributed by atoms with Crippen LogP contribution < -0.4 is 36.3 Å². The Morgan fingerprint density at radius 1 is 0.615 bits per heavy atom. The van der Waals surface area contributed by atoms with Crippen LogP contribution in [0.1, 0.15) is 99.6 Å². The van der Waals surface area contributed by atoms with Crippen LogP contribution in [0.4, 0.5) is 21.5 Å². The minimum Gasteiger partial charge on any atom is -0.481 e. The molecule has 6 atom stereocenters. The number of aromatic nitrogens is 10. The van der Waals surface area contributed by atoms with Gasteiger partial charge in [0.15, 0.2) is 11.3 Å². The highest BCUT2D eigenvalue weighted by Crippen LogP contribution is 2.46. The SMILES string of the molecule is CCn1nc2ccc(-c3cn(COCC[Si](C)(C)C)c4nc(N5[C@H]6CC[C@@H]5[C@H](NC(=O)OC(C)(C)C)C6)n(C)c(=O)c34)c(Cl)c2c1CO.CCn1nc2ccc(-c3cn(COCC[Si](C)(C)C)c4nc(N5[C@H]6CC[C@@H]5[C@H](NC(=O)OC(C)(C)C)C6)n(C)c(=O)c34)c(Cl)c2c1OC. The molecular formula is C68H96Cl2N14O10Si2. The number of amides is 2. The molecule has 96 heavy (non-hydrogen) atoms. The van der Waals surface area contributed by atoms with Crippen molar-refractivity contribution in [1.29, 1.82) is 0 Å². The number of ether oxygens (including phenoxy) is 5. The second-order valence-electron chi connectivity index (χ2n) is 30.4. The Kier molecular flexibility index (Phi) is 19.8. The minimum atomic E-state index is -1.32. The Bertz CT molecular complexity index is 4120. The van der Waals surface area contributed by atoms with Crippen molar-refractivity contribution in [3.8, 4) is 28.1 Å². The summed E-state index contributed by atoms with van der Waals surface area (Å²) >= 11 is 14.2. The molecule has 0 aliphatic carbocycles. The number of alkyl carbamates (subject to hydrolysis) is 2. The highest BCUT2D eigenvalue weighted by molar-refractivity contribution is 6.76. The standard InChI is InChI=1S/2C34H48ClN7O5Si/c1-10-41-31(45-6)27-23(38-41)13-12-21(28(27)35)22-18-40(19-46-15-16-48(7,8)9)29-26(22)30(43)39(5)32(37-29)42-20-11-14-25(42)24(17-20)36-33(44)47-34(2,3)4;1-9-41-26(18-43)28-23(38-41)12-11-21(29(28)35)22-17-40(19-46-14-15-48(6,7)8)30-27(22)31(44)39(5)32(37-30)42-20-10-13-25(42)24(16-20)36-33(45)47-34(2,3)4/h12-13,18,20,24-25H,10-11,14-17,19H2,1-9H3,(H,36,44);11-12,17,20,24-25,43H,9-10,13-16,18-19H2,1-8H3,(H,36,45)/t2*20-,24+,25+/m00/s1. The number of fused-ring (bicyclic) bond motifs is 8. The number of carbonyl (C=O) groups excluding carboxylic acids is 2. The van der Waals surface area contributed by atoms with Crippen molar-refractivity contribution in [3.05, 3.63) is 73.1 Å². The molecular weight excluding hydrogens is 1300 g/mol. The maximum atomic E-state index is 14.4. The van der Waals surface area contributed by atoms with E-state index in [0.717, 1.165) is 50.6 Å². The molecule has 4 aliphatic heterocycles. The first-order chi connectivity index (χ1) is 45.2. The van der Waals surface area contributed by atoms with Crippen molar-refractivity contribution in [2.24, 2.45) is 14.1 Å². The number of benzene rings is 2. The molecule has 6 aromatic heterocycles. The van der Waals surface area contributed by atoms with Gasteiger partial charge in [-0.15, -0.1) is 0 Å². The molecule has 2 amide bonds. The first kappa shape index (κ1) is 70.4. The maximum absolute atomic E-state index is 14.4. The summed E-state index contributed by atoms with van der Waals surface area (Å²) in [5, 5.41) is 28.8. The molecule has 8 aromatic rings. The first-order valence-corrected chi connectivity index (χ1v) is 41.8. The number of anilines is 2. The number of rotatable bonds is 20. The molecule has 0 saturated carbocycles. The number of aliphatic hydroxyl groups excluding tert-OH is 1. The second kappa shape index (κ2) is 27.1. The quantitative estimate of drug-likeness (QED) is 0.0474. The van der Waals surface area contributed by atoms with Crippen LogP contribution in [0, 0.1) is 0 Å². The van der Waals surface area contributed by atoms with Crippen LogP contribution in [0.3, 0.4) is 0 Å². The van der Waals surface area contributed by atoms with Crippen molar-refractivity contribution >= 4 is 107 Å². The molecule has 28 heteroatoms. The fourth-order valence-electron chi connectivity index (χ4n) is 14.2. The molecule has 4 aliphatic rings. The largest absolute Gasteiger partial charge is 0.481 e. The van der Waals surface area contributed by atoms with Crippen molar-refractivity contribution in [1.82, 2.24) is 58.4 Å². The number of nitrogens with one attached hydrogen (secondary N) is 2. The van der Waals surface area contributed by atoms with E-state index in [4.69, 9.17) is 56.9 Å². The average Bonchev–Trinajstić information content (AvgIpc) is 1.55. The molecule has 0 spiro atoms. The molecule has 24 nitrogen and oxygen atoms in total. The van der Waals surface area contributed by atoms with Gasteiger partial charge in [-0.25, -0.2) is 14.3 Å². The zero-order chi connectivity index (χ0) is 69.4. The monoisotopic (exact) mass is 1390 g/mol. The van der Waals surface area contributed by atoms with Gasteiger partial charge in [0.25, 0.3) is 11.1 Å². The van der Waals surface area contributed by atoms with Crippen LogP contribution in [0.25, 0.3) is 66.1 Å². The lowest BCUT2D eigenvalue weighted by Gasteiger charge is -2.28. The van der Waals surface area contributed by atoms with Crippen LogP contribution >= 0.6 is 23.2 Å². The zero-order valence-corrected chi connectivity index (χ0v) is 62.3. The molecule has 4 saturated heterocycles. The average molecular weight is 1400 g/mol. The molecule has 4 fully saturated rings. The maximum Gasteiger partial charge on any atom is 0.407 e. The minimum absolute atomic E-state index is 0.00614. The van der Waals surface area contributed by atoms with Crippen molar-refractivity contribution in [2.75, 3.05) is 30.1 Å². The Morgan fingerprint density at radius 2 is 1.03 bits per heavy atom. The smallest absolute Gasteiger partial charge is 0.407 e. The van der Waals surface area contributed by atoms with Gasteiger partial charge < -0.3 is 58.4 Å². The third-order valence-corrected chi connectivity index (χ3v) is 23.0. The third kappa shape index (κ3) is 13.9. The van der Waals surface area contributed by atoms with Crippen molar-refractivity contribution in [3.63, 3.8) is 0 Å². The summed E-state index contributed by atoms with van der Waals surface area (Å²) in [5.41, 5.74) is 4.19. The van der Waals surface area contributed by atoms with Crippen LogP contribution in [0.15, 0.2) is 46.2 Å². The highest BCUT2D eigenvalue weighted by Gasteiger charge is 2.50. The second-order valence-corrected chi connectivity index (χ2v) is 42.4. The number of halogens is 2. The van der Waals surface area contributed by atoms with Crippen molar-refractivity contribution in [2.45, 2.75) is 226 Å². The zero-order valence-electron chi connectivity index (χ0n) is 58.8. The van der Waals surface area contributed by atoms with E-state index in [1.807, 2.05) is 101 Å². The fraction of sp³-hybridized carbons (Fsp3) is 0.588.